The van der Waals surface area contributed by atoms with Gasteiger partial charge in [0.05, 0.1) is 0 Å². The Kier molecular flexibility index (Phi) is 5.53. The number of amides is 3. The molecule has 0 aromatic rings. The molecule has 1 rings (SSSR count). The van der Waals surface area contributed by atoms with E-state index in [0.29, 0.717) is 26.2 Å². The van der Waals surface area contributed by atoms with Crippen molar-refractivity contribution in [3.63, 3.8) is 0 Å². The third-order valence-electron chi connectivity index (χ3n) is 3.84. The van der Waals surface area contributed by atoms with Crippen LogP contribution in [0, 0.1) is 5.41 Å². The van der Waals surface area contributed by atoms with Crippen molar-refractivity contribution in [2.24, 2.45) is 5.41 Å². The van der Waals surface area contributed by atoms with Gasteiger partial charge in [-0.15, -0.1) is 0 Å². The van der Waals surface area contributed by atoms with Gasteiger partial charge >= 0.3 is 0 Å². The molecule has 1 N–H and O–H groups in total. The average Bonchev–Trinajstić information content (AvgIpc) is 2.46. The number of rotatable bonds is 5. The molecule has 6 nitrogen and oxygen atoms in total. The summed E-state index contributed by atoms with van der Waals surface area (Å²) in [5.74, 6) is -0.418. The maximum absolute atomic E-state index is 12.5. The second kappa shape index (κ2) is 6.72. The fourth-order valence-electron chi connectivity index (χ4n) is 2.03. The average molecular weight is 283 g/mol. The van der Waals surface area contributed by atoms with Crippen LogP contribution in [0.15, 0.2) is 0 Å². The Morgan fingerprint density at radius 1 is 1.25 bits per heavy atom. The SMILES string of the molecule is CCC(C)NC(=O)C(C)(C)C(=O)N1CCN(C=O)CC1. The fourth-order valence-corrected chi connectivity index (χ4v) is 2.03. The topological polar surface area (TPSA) is 69.7 Å². The van der Waals surface area contributed by atoms with Crippen molar-refractivity contribution in [1.29, 1.82) is 0 Å². The van der Waals surface area contributed by atoms with Gasteiger partial charge in [0.2, 0.25) is 18.2 Å². The summed E-state index contributed by atoms with van der Waals surface area (Å²) in [7, 11) is 0. The Hall–Kier alpha value is -1.59. The number of carbonyl (C=O) groups excluding carboxylic acids is 3. The van der Waals surface area contributed by atoms with E-state index in [9.17, 15) is 14.4 Å². The van der Waals surface area contributed by atoms with Crippen LogP contribution in [0.3, 0.4) is 0 Å². The van der Waals surface area contributed by atoms with E-state index in [-0.39, 0.29) is 17.9 Å². The van der Waals surface area contributed by atoms with Crippen LogP contribution in [0.5, 0.6) is 0 Å². The van der Waals surface area contributed by atoms with E-state index in [1.807, 2.05) is 13.8 Å². The van der Waals surface area contributed by atoms with Gasteiger partial charge in [0.25, 0.3) is 0 Å². The predicted molar refractivity (Wildman–Crippen MR) is 75.9 cm³/mol. The maximum atomic E-state index is 12.5. The first-order valence-corrected chi connectivity index (χ1v) is 7.12. The lowest BCUT2D eigenvalue weighted by molar-refractivity contribution is -0.150. The summed E-state index contributed by atoms with van der Waals surface area (Å²) >= 11 is 0. The molecule has 1 atom stereocenters. The molecule has 6 heteroatoms. The molecule has 0 spiro atoms. The minimum Gasteiger partial charge on any atom is -0.353 e. The maximum Gasteiger partial charge on any atom is 0.237 e. The lowest BCUT2D eigenvalue weighted by Crippen LogP contribution is -2.55. The zero-order valence-electron chi connectivity index (χ0n) is 12.8. The number of nitrogens with one attached hydrogen (secondary N) is 1. The molecule has 114 valence electrons. The van der Waals surface area contributed by atoms with E-state index < -0.39 is 5.41 Å². The second-order valence-corrected chi connectivity index (χ2v) is 5.84. The van der Waals surface area contributed by atoms with E-state index in [0.717, 1.165) is 12.8 Å². The number of nitrogens with zero attached hydrogens (tertiary/aromatic N) is 2. The summed E-state index contributed by atoms with van der Waals surface area (Å²) in [5.41, 5.74) is -1.08. The van der Waals surface area contributed by atoms with Gasteiger partial charge in [0.1, 0.15) is 5.41 Å². The van der Waals surface area contributed by atoms with E-state index >= 15 is 0 Å². The molecular formula is C14H25N3O3. The molecule has 20 heavy (non-hydrogen) atoms. The van der Waals surface area contributed by atoms with Crippen molar-refractivity contribution in [2.45, 2.75) is 40.2 Å². The lowest BCUT2D eigenvalue weighted by Gasteiger charge is -2.37. The Morgan fingerprint density at radius 2 is 1.80 bits per heavy atom. The minimum absolute atomic E-state index is 0.0569. The van der Waals surface area contributed by atoms with Gasteiger partial charge in [-0.1, -0.05) is 6.92 Å². The summed E-state index contributed by atoms with van der Waals surface area (Å²) in [4.78, 5) is 38.6. The van der Waals surface area contributed by atoms with Crippen LogP contribution in [-0.2, 0) is 14.4 Å². The number of piperazine rings is 1. The van der Waals surface area contributed by atoms with Crippen molar-refractivity contribution < 1.29 is 14.4 Å². The van der Waals surface area contributed by atoms with Crippen molar-refractivity contribution >= 4 is 18.2 Å². The first kappa shape index (κ1) is 16.5. The molecule has 0 radical (unpaired) electrons. The van der Waals surface area contributed by atoms with Gasteiger partial charge in [-0.3, -0.25) is 14.4 Å². The predicted octanol–water partition coefficient (Wildman–Crippen LogP) is 0.228. The summed E-state index contributed by atoms with van der Waals surface area (Å²) in [6, 6.07) is 0.0569. The minimum atomic E-state index is -1.08. The first-order chi connectivity index (χ1) is 9.32. The van der Waals surface area contributed by atoms with Crippen LogP contribution in [0.4, 0.5) is 0 Å². The van der Waals surface area contributed by atoms with Gasteiger partial charge < -0.3 is 15.1 Å². The molecule has 1 saturated heterocycles. The van der Waals surface area contributed by atoms with Crippen LogP contribution in [0.2, 0.25) is 0 Å². The summed E-state index contributed by atoms with van der Waals surface area (Å²) in [6.45, 7) is 9.23. The zero-order valence-corrected chi connectivity index (χ0v) is 12.8. The van der Waals surface area contributed by atoms with E-state index in [4.69, 9.17) is 0 Å². The van der Waals surface area contributed by atoms with E-state index in [1.54, 1.807) is 23.6 Å². The smallest absolute Gasteiger partial charge is 0.237 e. The number of hydrogen-bond donors (Lipinski definition) is 1. The monoisotopic (exact) mass is 283 g/mol. The Balaban J connectivity index is 2.65. The molecule has 3 amide bonds. The molecular weight excluding hydrogens is 258 g/mol. The highest BCUT2D eigenvalue weighted by molar-refractivity contribution is 6.04. The van der Waals surface area contributed by atoms with Crippen molar-refractivity contribution in [1.82, 2.24) is 15.1 Å². The molecule has 1 heterocycles. The summed E-state index contributed by atoms with van der Waals surface area (Å²) in [5, 5.41) is 2.86. The van der Waals surface area contributed by atoms with Gasteiger partial charge in [0.15, 0.2) is 0 Å². The third kappa shape index (κ3) is 3.71. The third-order valence-corrected chi connectivity index (χ3v) is 3.84. The van der Waals surface area contributed by atoms with Crippen LogP contribution in [0.1, 0.15) is 34.1 Å². The molecule has 1 fully saturated rings. The first-order valence-electron chi connectivity index (χ1n) is 7.12. The summed E-state index contributed by atoms with van der Waals surface area (Å²) < 4.78 is 0. The zero-order chi connectivity index (χ0) is 15.3. The molecule has 0 bridgehead atoms. The van der Waals surface area contributed by atoms with Crippen LogP contribution in [0.25, 0.3) is 0 Å². The van der Waals surface area contributed by atoms with E-state index in [2.05, 4.69) is 5.32 Å². The standard InChI is InChI=1S/C14H25N3O3/c1-5-11(2)15-12(19)14(3,4)13(20)17-8-6-16(10-18)7-9-17/h10-11H,5-9H2,1-4H3,(H,15,19). The van der Waals surface area contributed by atoms with Gasteiger partial charge in [0, 0.05) is 32.2 Å². The molecule has 0 aromatic carbocycles. The molecule has 0 aliphatic carbocycles. The molecule has 1 aliphatic heterocycles. The highest BCUT2D eigenvalue weighted by atomic mass is 16.2. The van der Waals surface area contributed by atoms with Crippen LogP contribution < -0.4 is 5.32 Å². The highest BCUT2D eigenvalue weighted by Gasteiger charge is 2.40. The van der Waals surface area contributed by atoms with Crippen molar-refractivity contribution in [3.8, 4) is 0 Å². The Labute approximate surface area is 120 Å². The number of carbonyl (C=O) groups is 3. The van der Waals surface area contributed by atoms with Crippen LogP contribution >= 0.6 is 0 Å². The molecule has 1 aliphatic rings. The van der Waals surface area contributed by atoms with Gasteiger partial charge in [-0.05, 0) is 27.2 Å². The van der Waals surface area contributed by atoms with Gasteiger partial charge in [-0.25, -0.2) is 0 Å². The van der Waals surface area contributed by atoms with Crippen LogP contribution in [-0.4, -0.2) is 60.2 Å². The quantitative estimate of drug-likeness (QED) is 0.580. The summed E-state index contributed by atoms with van der Waals surface area (Å²) in [6.07, 6.45) is 1.62. The largest absolute Gasteiger partial charge is 0.353 e. The lowest BCUT2D eigenvalue weighted by atomic mass is 9.89. The number of hydrogen-bond acceptors (Lipinski definition) is 3. The van der Waals surface area contributed by atoms with Gasteiger partial charge in [-0.2, -0.15) is 0 Å². The van der Waals surface area contributed by atoms with E-state index in [1.165, 1.54) is 0 Å². The second-order valence-electron chi connectivity index (χ2n) is 5.84. The van der Waals surface area contributed by atoms with Crippen molar-refractivity contribution in [2.75, 3.05) is 26.2 Å². The Morgan fingerprint density at radius 3 is 2.25 bits per heavy atom. The molecule has 0 saturated carbocycles. The highest BCUT2D eigenvalue weighted by Crippen LogP contribution is 2.20. The molecule has 0 aromatic heterocycles. The molecule has 1 unspecified atom stereocenters. The fraction of sp³-hybridized carbons (Fsp3) is 0.786. The Bertz CT molecular complexity index is 374. The normalized spacial score (nSPS) is 17.6. The van der Waals surface area contributed by atoms with Crippen molar-refractivity contribution in [3.05, 3.63) is 0 Å².